The van der Waals surface area contributed by atoms with Gasteiger partial charge in [-0.05, 0) is 39.7 Å². The Morgan fingerprint density at radius 1 is 1.38 bits per heavy atom. The van der Waals surface area contributed by atoms with Gasteiger partial charge in [-0.1, -0.05) is 30.3 Å². The number of nitrogens with zero attached hydrogens (tertiary/aromatic N) is 1. The van der Waals surface area contributed by atoms with E-state index < -0.39 is 5.60 Å². The fourth-order valence-electron chi connectivity index (χ4n) is 3.06. The summed E-state index contributed by atoms with van der Waals surface area (Å²) in [5, 5.41) is 13.3. The van der Waals surface area contributed by atoms with Crippen molar-refractivity contribution in [3.05, 3.63) is 35.9 Å². The molecule has 0 unspecified atom stereocenters. The molecule has 5 heteroatoms. The van der Waals surface area contributed by atoms with E-state index in [4.69, 9.17) is 4.74 Å². The molecule has 1 amide bonds. The third kappa shape index (κ3) is 5.21. The average molecular weight is 334 g/mol. The zero-order valence-electron chi connectivity index (χ0n) is 15.2. The summed E-state index contributed by atoms with van der Waals surface area (Å²) < 4.78 is 5.48. The smallest absolute Gasteiger partial charge is 0.410 e. The molecule has 2 rings (SSSR count). The Hall–Kier alpha value is -1.59. The first-order chi connectivity index (χ1) is 11.3. The van der Waals surface area contributed by atoms with Crippen molar-refractivity contribution in [1.82, 2.24) is 10.2 Å². The lowest BCUT2D eigenvalue weighted by Gasteiger charge is -2.40. The molecule has 0 saturated carbocycles. The molecule has 0 spiro atoms. The highest BCUT2D eigenvalue weighted by molar-refractivity contribution is 5.68. The van der Waals surface area contributed by atoms with Crippen molar-refractivity contribution in [2.24, 2.45) is 5.92 Å². The van der Waals surface area contributed by atoms with Crippen LogP contribution in [0.1, 0.15) is 45.7 Å². The Bertz CT molecular complexity index is 527. The van der Waals surface area contributed by atoms with Crippen LogP contribution in [0.5, 0.6) is 0 Å². The van der Waals surface area contributed by atoms with Crippen LogP contribution in [0, 0.1) is 5.92 Å². The predicted octanol–water partition coefficient (Wildman–Crippen LogP) is 2.96. The number of aliphatic hydroxyl groups is 1. The normalized spacial score (nSPS) is 23.0. The zero-order valence-corrected chi connectivity index (χ0v) is 15.2. The van der Waals surface area contributed by atoms with E-state index in [1.807, 2.05) is 39.0 Å². The van der Waals surface area contributed by atoms with Gasteiger partial charge in [-0.2, -0.15) is 0 Å². The standard InChI is InChI=1S/C19H30N2O3/c1-14(15-8-6-5-7-9-15)20-17-12-21(11-10-16(17)13-22)18(23)24-19(2,3)4/h5-9,14,16-17,20,22H,10-13H2,1-4H3/t14-,16-,17-/m0/s1. The Balaban J connectivity index is 2.01. The van der Waals surface area contributed by atoms with Gasteiger partial charge in [-0.15, -0.1) is 0 Å². The van der Waals surface area contributed by atoms with E-state index in [2.05, 4.69) is 24.4 Å². The molecule has 0 aliphatic carbocycles. The maximum absolute atomic E-state index is 12.3. The third-order valence-electron chi connectivity index (χ3n) is 4.41. The van der Waals surface area contributed by atoms with Gasteiger partial charge >= 0.3 is 6.09 Å². The van der Waals surface area contributed by atoms with Gasteiger partial charge in [0.1, 0.15) is 5.60 Å². The average Bonchev–Trinajstić information content (AvgIpc) is 2.54. The quantitative estimate of drug-likeness (QED) is 0.889. The molecule has 1 aromatic carbocycles. The highest BCUT2D eigenvalue weighted by Gasteiger charge is 2.33. The summed E-state index contributed by atoms with van der Waals surface area (Å²) in [5.41, 5.74) is 0.703. The Morgan fingerprint density at radius 2 is 2.04 bits per heavy atom. The van der Waals surface area contributed by atoms with Crippen molar-refractivity contribution < 1.29 is 14.6 Å². The molecule has 0 aromatic heterocycles. The van der Waals surface area contributed by atoms with Gasteiger partial charge in [0.25, 0.3) is 0 Å². The molecule has 1 aromatic rings. The molecule has 1 saturated heterocycles. The van der Waals surface area contributed by atoms with Crippen LogP contribution < -0.4 is 5.32 Å². The highest BCUT2D eigenvalue weighted by atomic mass is 16.6. The number of amides is 1. The first-order valence-electron chi connectivity index (χ1n) is 8.70. The number of benzene rings is 1. The summed E-state index contributed by atoms with van der Waals surface area (Å²) in [6.07, 6.45) is 0.493. The Labute approximate surface area is 145 Å². The topological polar surface area (TPSA) is 61.8 Å². The summed E-state index contributed by atoms with van der Waals surface area (Å²) >= 11 is 0. The fraction of sp³-hybridized carbons (Fsp3) is 0.632. The van der Waals surface area contributed by atoms with E-state index in [1.54, 1.807) is 4.90 Å². The van der Waals surface area contributed by atoms with Gasteiger partial charge in [0.15, 0.2) is 0 Å². The molecule has 1 heterocycles. The van der Waals surface area contributed by atoms with Crippen LogP contribution in [0.3, 0.4) is 0 Å². The zero-order chi connectivity index (χ0) is 17.7. The highest BCUT2D eigenvalue weighted by Crippen LogP contribution is 2.23. The van der Waals surface area contributed by atoms with E-state index in [9.17, 15) is 9.90 Å². The Morgan fingerprint density at radius 3 is 2.62 bits per heavy atom. The lowest BCUT2D eigenvalue weighted by molar-refractivity contribution is 0.00917. The summed E-state index contributed by atoms with van der Waals surface area (Å²) in [6, 6.07) is 10.4. The number of carbonyl (C=O) groups is 1. The lowest BCUT2D eigenvalue weighted by Crippen LogP contribution is -2.54. The van der Waals surface area contributed by atoms with Crippen LogP contribution in [0.4, 0.5) is 4.79 Å². The van der Waals surface area contributed by atoms with Gasteiger partial charge in [-0.3, -0.25) is 0 Å². The largest absolute Gasteiger partial charge is 0.444 e. The number of piperidine rings is 1. The molecule has 0 radical (unpaired) electrons. The van der Waals surface area contributed by atoms with Crippen LogP contribution >= 0.6 is 0 Å². The summed E-state index contributed by atoms with van der Waals surface area (Å²) in [4.78, 5) is 14.1. The van der Waals surface area contributed by atoms with Crippen molar-refractivity contribution in [2.75, 3.05) is 19.7 Å². The molecule has 3 atom stereocenters. The van der Waals surface area contributed by atoms with E-state index in [-0.39, 0.29) is 30.7 Å². The van der Waals surface area contributed by atoms with Crippen LogP contribution in [0.15, 0.2) is 30.3 Å². The van der Waals surface area contributed by atoms with Crippen molar-refractivity contribution >= 4 is 6.09 Å². The lowest BCUT2D eigenvalue weighted by atomic mass is 9.91. The first kappa shape index (κ1) is 18.7. The maximum Gasteiger partial charge on any atom is 0.410 e. The van der Waals surface area contributed by atoms with Gasteiger partial charge < -0.3 is 20.1 Å². The van der Waals surface area contributed by atoms with Crippen molar-refractivity contribution in [3.8, 4) is 0 Å². The Kier molecular flexibility index (Phi) is 6.24. The van der Waals surface area contributed by atoms with Crippen LogP contribution in [0.2, 0.25) is 0 Å². The van der Waals surface area contributed by atoms with E-state index in [1.165, 1.54) is 5.56 Å². The molecular weight excluding hydrogens is 304 g/mol. The van der Waals surface area contributed by atoms with Gasteiger partial charge in [0, 0.05) is 37.7 Å². The second kappa shape index (κ2) is 7.99. The number of hydrogen-bond donors (Lipinski definition) is 2. The van der Waals surface area contributed by atoms with Crippen LogP contribution in [-0.2, 0) is 4.74 Å². The SMILES string of the molecule is C[C@H](N[C@H]1CN(C(=O)OC(C)(C)C)CC[C@H]1CO)c1ccccc1. The van der Waals surface area contributed by atoms with E-state index >= 15 is 0 Å². The molecule has 1 fully saturated rings. The molecule has 5 nitrogen and oxygen atoms in total. The summed E-state index contributed by atoms with van der Waals surface area (Å²) in [7, 11) is 0. The number of likely N-dealkylation sites (tertiary alicyclic amines) is 1. The minimum absolute atomic E-state index is 0.0477. The number of ether oxygens (including phenoxy) is 1. The summed E-state index contributed by atoms with van der Waals surface area (Å²) in [6.45, 7) is 9.03. The molecule has 24 heavy (non-hydrogen) atoms. The van der Waals surface area contributed by atoms with Crippen LogP contribution in [0.25, 0.3) is 0 Å². The number of hydrogen-bond acceptors (Lipinski definition) is 4. The van der Waals surface area contributed by atoms with Crippen molar-refractivity contribution in [1.29, 1.82) is 0 Å². The van der Waals surface area contributed by atoms with Crippen molar-refractivity contribution in [3.63, 3.8) is 0 Å². The van der Waals surface area contributed by atoms with E-state index in [0.717, 1.165) is 6.42 Å². The predicted molar refractivity (Wildman–Crippen MR) is 94.8 cm³/mol. The monoisotopic (exact) mass is 334 g/mol. The van der Waals surface area contributed by atoms with Gasteiger partial charge in [0.2, 0.25) is 0 Å². The minimum atomic E-state index is -0.495. The molecule has 134 valence electrons. The molecule has 1 aliphatic heterocycles. The minimum Gasteiger partial charge on any atom is -0.444 e. The first-order valence-corrected chi connectivity index (χ1v) is 8.70. The van der Waals surface area contributed by atoms with Gasteiger partial charge in [-0.25, -0.2) is 4.79 Å². The number of rotatable bonds is 4. The third-order valence-corrected chi connectivity index (χ3v) is 4.41. The van der Waals surface area contributed by atoms with E-state index in [0.29, 0.717) is 13.1 Å². The summed E-state index contributed by atoms with van der Waals surface area (Å²) in [5.74, 6) is 0.148. The molecule has 0 bridgehead atoms. The maximum atomic E-state index is 12.3. The molecule has 1 aliphatic rings. The second-order valence-corrected chi connectivity index (χ2v) is 7.56. The van der Waals surface area contributed by atoms with Crippen molar-refractivity contribution in [2.45, 2.75) is 51.8 Å². The number of carbonyl (C=O) groups excluding carboxylic acids is 1. The fourth-order valence-corrected chi connectivity index (χ4v) is 3.06. The number of nitrogens with one attached hydrogen (secondary N) is 1. The number of aliphatic hydroxyl groups excluding tert-OH is 1. The second-order valence-electron chi connectivity index (χ2n) is 7.56. The molecular formula is C19H30N2O3. The van der Waals surface area contributed by atoms with Gasteiger partial charge in [0.05, 0.1) is 0 Å². The van der Waals surface area contributed by atoms with Crippen LogP contribution in [-0.4, -0.2) is 47.4 Å². The molecule has 2 N–H and O–H groups in total.